The number of fused-ring (bicyclic) bond motifs is 1. The molecule has 3 aromatic rings. The first-order chi connectivity index (χ1) is 13.2. The number of para-hydroxylation sites is 1. The van der Waals surface area contributed by atoms with Crippen LogP contribution in [-0.4, -0.2) is 64.0 Å². The summed E-state index contributed by atoms with van der Waals surface area (Å²) in [5.74, 6) is 1.37. The maximum atomic E-state index is 5.39. The Labute approximate surface area is 158 Å². The quantitative estimate of drug-likeness (QED) is 0.691. The highest BCUT2D eigenvalue weighted by atomic mass is 16.5. The molecule has 1 aromatic carbocycles. The molecule has 1 aliphatic rings. The Balaban J connectivity index is 1.54. The molecule has 27 heavy (non-hydrogen) atoms. The van der Waals surface area contributed by atoms with E-state index in [0.29, 0.717) is 5.95 Å². The third kappa shape index (κ3) is 4.01. The van der Waals surface area contributed by atoms with Gasteiger partial charge in [-0.1, -0.05) is 18.2 Å². The highest BCUT2D eigenvalue weighted by Crippen LogP contribution is 2.26. The van der Waals surface area contributed by atoms with Crippen molar-refractivity contribution in [1.82, 2.24) is 24.6 Å². The number of nitrogens with one attached hydrogen (secondary N) is 2. The SMILES string of the molecule is Cc1ccccc1Nc1nc(NCCN2CCOCC2)nc2c1cnn2C. The fraction of sp³-hybridized carbons (Fsp3) is 0.421. The van der Waals surface area contributed by atoms with Gasteiger partial charge in [-0.25, -0.2) is 0 Å². The zero-order valence-electron chi connectivity index (χ0n) is 15.8. The zero-order valence-corrected chi connectivity index (χ0v) is 15.8. The second-order valence-corrected chi connectivity index (χ2v) is 6.72. The van der Waals surface area contributed by atoms with Crippen molar-refractivity contribution in [3.8, 4) is 0 Å². The van der Waals surface area contributed by atoms with Crippen molar-refractivity contribution in [3.05, 3.63) is 36.0 Å². The molecule has 0 radical (unpaired) electrons. The normalized spacial score (nSPS) is 15.2. The van der Waals surface area contributed by atoms with Crippen LogP contribution in [0.2, 0.25) is 0 Å². The monoisotopic (exact) mass is 367 g/mol. The van der Waals surface area contributed by atoms with E-state index in [0.717, 1.165) is 67.5 Å². The Morgan fingerprint density at radius 3 is 2.78 bits per heavy atom. The van der Waals surface area contributed by atoms with Crippen molar-refractivity contribution < 1.29 is 4.74 Å². The number of hydrogen-bond acceptors (Lipinski definition) is 7. The number of benzene rings is 1. The fourth-order valence-corrected chi connectivity index (χ4v) is 3.19. The Kier molecular flexibility index (Phi) is 5.17. The fourth-order valence-electron chi connectivity index (χ4n) is 3.19. The minimum Gasteiger partial charge on any atom is -0.379 e. The van der Waals surface area contributed by atoms with Gasteiger partial charge in [0.15, 0.2) is 5.65 Å². The van der Waals surface area contributed by atoms with Gasteiger partial charge in [0.2, 0.25) is 5.95 Å². The third-order valence-corrected chi connectivity index (χ3v) is 4.81. The van der Waals surface area contributed by atoms with Gasteiger partial charge in [0.05, 0.1) is 24.8 Å². The lowest BCUT2D eigenvalue weighted by Gasteiger charge is -2.26. The second kappa shape index (κ2) is 7.89. The molecule has 0 unspecified atom stereocenters. The number of ether oxygens (including phenoxy) is 1. The predicted octanol–water partition coefficient (Wildman–Crippen LogP) is 2.16. The lowest BCUT2D eigenvalue weighted by Crippen LogP contribution is -2.39. The molecule has 0 saturated carbocycles. The molecule has 8 heteroatoms. The molecule has 2 aromatic heterocycles. The van der Waals surface area contributed by atoms with Crippen molar-refractivity contribution in [2.45, 2.75) is 6.92 Å². The van der Waals surface area contributed by atoms with Crippen LogP contribution < -0.4 is 10.6 Å². The average molecular weight is 367 g/mol. The number of hydrogen-bond donors (Lipinski definition) is 2. The molecule has 3 heterocycles. The topological polar surface area (TPSA) is 80.1 Å². The molecule has 0 aliphatic carbocycles. The maximum absolute atomic E-state index is 5.39. The maximum Gasteiger partial charge on any atom is 0.226 e. The molecular formula is C19H25N7O. The van der Waals surface area contributed by atoms with E-state index < -0.39 is 0 Å². The number of rotatable bonds is 6. The summed E-state index contributed by atoms with van der Waals surface area (Å²) in [6.07, 6.45) is 1.80. The second-order valence-electron chi connectivity index (χ2n) is 6.72. The first-order valence-electron chi connectivity index (χ1n) is 9.27. The standard InChI is InChI=1S/C19H25N7O/c1-14-5-3-4-6-16(14)22-17-15-13-21-25(2)18(15)24-19(23-17)20-7-8-26-9-11-27-12-10-26/h3-6,13H,7-12H2,1-2H3,(H2,20,22,23,24). The summed E-state index contributed by atoms with van der Waals surface area (Å²) in [6.45, 7) is 7.37. The first-order valence-corrected chi connectivity index (χ1v) is 9.27. The predicted molar refractivity (Wildman–Crippen MR) is 107 cm³/mol. The Morgan fingerprint density at radius 2 is 1.96 bits per heavy atom. The van der Waals surface area contributed by atoms with Crippen molar-refractivity contribution in [3.63, 3.8) is 0 Å². The van der Waals surface area contributed by atoms with Crippen LogP contribution in [0.1, 0.15) is 5.56 Å². The Morgan fingerprint density at radius 1 is 1.15 bits per heavy atom. The van der Waals surface area contributed by atoms with E-state index in [1.807, 2.05) is 25.2 Å². The van der Waals surface area contributed by atoms with Crippen LogP contribution in [0.5, 0.6) is 0 Å². The van der Waals surface area contributed by atoms with Gasteiger partial charge < -0.3 is 15.4 Å². The van der Waals surface area contributed by atoms with Crippen molar-refractivity contribution >= 4 is 28.5 Å². The van der Waals surface area contributed by atoms with E-state index >= 15 is 0 Å². The van der Waals surface area contributed by atoms with Crippen LogP contribution in [-0.2, 0) is 11.8 Å². The van der Waals surface area contributed by atoms with Gasteiger partial charge in [-0.15, -0.1) is 0 Å². The highest BCUT2D eigenvalue weighted by molar-refractivity contribution is 5.89. The van der Waals surface area contributed by atoms with Crippen molar-refractivity contribution in [1.29, 1.82) is 0 Å². The lowest BCUT2D eigenvalue weighted by molar-refractivity contribution is 0.0398. The van der Waals surface area contributed by atoms with Crippen LogP contribution in [0.4, 0.5) is 17.5 Å². The van der Waals surface area contributed by atoms with Gasteiger partial charge in [0, 0.05) is 38.9 Å². The molecule has 142 valence electrons. The van der Waals surface area contributed by atoms with E-state index in [1.165, 1.54) is 0 Å². The van der Waals surface area contributed by atoms with E-state index in [-0.39, 0.29) is 0 Å². The number of aryl methyl sites for hydroxylation is 2. The van der Waals surface area contributed by atoms with Crippen LogP contribution in [0.15, 0.2) is 30.5 Å². The summed E-state index contributed by atoms with van der Waals surface area (Å²) in [5.41, 5.74) is 2.99. The molecule has 1 fully saturated rings. The lowest BCUT2D eigenvalue weighted by atomic mass is 10.2. The van der Waals surface area contributed by atoms with Gasteiger partial charge in [0.1, 0.15) is 5.82 Å². The largest absolute Gasteiger partial charge is 0.379 e. The first kappa shape index (κ1) is 17.7. The van der Waals surface area contributed by atoms with Gasteiger partial charge in [-0.3, -0.25) is 9.58 Å². The average Bonchev–Trinajstić information content (AvgIpc) is 3.06. The molecule has 0 spiro atoms. The summed E-state index contributed by atoms with van der Waals surface area (Å²) in [5, 5.41) is 12.0. The smallest absolute Gasteiger partial charge is 0.226 e. The summed E-state index contributed by atoms with van der Waals surface area (Å²) < 4.78 is 7.17. The number of morpholine rings is 1. The highest BCUT2D eigenvalue weighted by Gasteiger charge is 2.14. The van der Waals surface area contributed by atoms with Crippen LogP contribution >= 0.6 is 0 Å². The van der Waals surface area contributed by atoms with E-state index in [4.69, 9.17) is 9.72 Å². The van der Waals surface area contributed by atoms with E-state index in [1.54, 1.807) is 10.9 Å². The minimum atomic E-state index is 0.607. The van der Waals surface area contributed by atoms with Crippen LogP contribution in [0.25, 0.3) is 11.0 Å². The minimum absolute atomic E-state index is 0.607. The number of aromatic nitrogens is 4. The molecule has 4 rings (SSSR count). The van der Waals surface area contributed by atoms with Crippen molar-refractivity contribution in [2.24, 2.45) is 7.05 Å². The van der Waals surface area contributed by atoms with Crippen LogP contribution in [0, 0.1) is 6.92 Å². The summed E-state index contributed by atoms with van der Waals surface area (Å²) >= 11 is 0. The van der Waals surface area contributed by atoms with E-state index in [2.05, 4.69) is 38.6 Å². The molecule has 1 aliphatic heterocycles. The van der Waals surface area contributed by atoms with Gasteiger partial charge in [0.25, 0.3) is 0 Å². The Hall–Kier alpha value is -2.71. The summed E-state index contributed by atoms with van der Waals surface area (Å²) in [6, 6.07) is 8.16. The molecule has 8 nitrogen and oxygen atoms in total. The molecule has 0 amide bonds. The number of nitrogens with zero attached hydrogens (tertiary/aromatic N) is 5. The molecule has 1 saturated heterocycles. The molecule has 0 atom stereocenters. The van der Waals surface area contributed by atoms with E-state index in [9.17, 15) is 0 Å². The van der Waals surface area contributed by atoms with Crippen LogP contribution in [0.3, 0.4) is 0 Å². The summed E-state index contributed by atoms with van der Waals surface area (Å²) in [7, 11) is 1.89. The Bertz CT molecular complexity index is 918. The molecule has 0 bridgehead atoms. The van der Waals surface area contributed by atoms with Crippen molar-refractivity contribution in [2.75, 3.05) is 50.0 Å². The zero-order chi connectivity index (χ0) is 18.6. The molecule has 2 N–H and O–H groups in total. The number of anilines is 3. The molecular weight excluding hydrogens is 342 g/mol. The summed E-state index contributed by atoms with van der Waals surface area (Å²) in [4.78, 5) is 11.7. The van der Waals surface area contributed by atoms with Gasteiger partial charge in [-0.2, -0.15) is 15.1 Å². The van der Waals surface area contributed by atoms with Gasteiger partial charge in [-0.05, 0) is 18.6 Å². The third-order valence-electron chi connectivity index (χ3n) is 4.81. The van der Waals surface area contributed by atoms with Gasteiger partial charge >= 0.3 is 0 Å².